The van der Waals surface area contributed by atoms with E-state index in [9.17, 15) is 35.8 Å². The molecule has 0 atom stereocenters. The zero-order valence-electron chi connectivity index (χ0n) is 6.85. The van der Waals surface area contributed by atoms with Gasteiger partial charge >= 0.3 is 83.6 Å². The molecule has 0 saturated heterocycles. The molecule has 0 spiro atoms. The summed E-state index contributed by atoms with van der Waals surface area (Å²) in [6, 6.07) is 0. The number of rotatable bonds is 1. The molecule has 0 aliphatic heterocycles. The van der Waals surface area contributed by atoms with Crippen molar-refractivity contribution in [2.75, 3.05) is 0 Å². The summed E-state index contributed by atoms with van der Waals surface area (Å²) in [6.45, 7) is 0. The van der Waals surface area contributed by atoms with E-state index in [-0.39, 0.29) is 0 Å². The fraction of sp³-hybridized carbons (Fsp3) is 0. The summed E-state index contributed by atoms with van der Waals surface area (Å²) in [5, 5.41) is 0. The fourth-order valence-electron chi connectivity index (χ4n) is 0.890. The van der Waals surface area contributed by atoms with Crippen LogP contribution in [0.4, 0.5) is 35.8 Å². The van der Waals surface area contributed by atoms with E-state index in [0.717, 1.165) is 0 Å². The van der Waals surface area contributed by atoms with Crippen LogP contribution in [0.3, 0.4) is 0 Å². The van der Waals surface area contributed by atoms with Crippen LogP contribution in [0.15, 0.2) is 0 Å². The second kappa shape index (κ2) is 3.32. The Hall–Kier alpha value is -0.852. The van der Waals surface area contributed by atoms with E-state index in [2.05, 4.69) is 0 Å². The molecule has 0 bridgehead atoms. The van der Waals surface area contributed by atoms with E-state index < -0.39 is 47.8 Å². The van der Waals surface area contributed by atoms with E-state index in [0.29, 0.717) is 0 Å². The van der Waals surface area contributed by atoms with Gasteiger partial charge in [-0.3, -0.25) is 0 Å². The molecule has 1 rings (SSSR count). The average Bonchev–Trinajstić information content (AvgIpc) is 2.08. The van der Waals surface area contributed by atoms with E-state index in [1.54, 1.807) is 0 Å². The molecule has 0 radical (unpaired) electrons. The van der Waals surface area contributed by atoms with Crippen molar-refractivity contribution >= 4 is 18.7 Å². The minimum absolute atomic E-state index is 2.77. The molecule has 0 aromatic heterocycles. The van der Waals surface area contributed by atoms with Crippen LogP contribution in [0.25, 0.3) is 0 Å². The Bertz CT molecular complexity index is 421. The molecule has 0 N–H and O–H groups in total. The van der Waals surface area contributed by atoms with Crippen molar-refractivity contribution in [1.82, 2.24) is 0 Å². The van der Waals surface area contributed by atoms with Gasteiger partial charge in [-0.15, -0.1) is 0 Å². The van der Waals surface area contributed by atoms with Gasteiger partial charge < -0.3 is 0 Å². The van der Waals surface area contributed by atoms with Gasteiger partial charge in [-0.1, -0.05) is 0 Å². The fourth-order valence-corrected chi connectivity index (χ4v) is 2.55. The number of halogens is 9. The van der Waals surface area contributed by atoms with Crippen molar-refractivity contribution < 1.29 is 35.8 Å². The van der Waals surface area contributed by atoms with Crippen LogP contribution in [0.2, 0.25) is 0 Å². The molecular formula is C6AsF9. The van der Waals surface area contributed by atoms with E-state index in [4.69, 9.17) is 0 Å². The third-order valence-electron chi connectivity index (χ3n) is 1.52. The molecule has 1 aromatic rings. The van der Waals surface area contributed by atoms with Crippen molar-refractivity contribution in [1.29, 1.82) is 0 Å². The summed E-state index contributed by atoms with van der Waals surface area (Å²) < 4.78 is 107. The van der Waals surface area contributed by atoms with E-state index in [1.807, 2.05) is 0 Å². The van der Waals surface area contributed by atoms with Crippen molar-refractivity contribution in [3.63, 3.8) is 0 Å². The molecule has 0 nitrogen and oxygen atoms in total. The molecule has 0 heterocycles. The Kier molecular flexibility index (Phi) is 2.74. The number of hydrogen-bond donors (Lipinski definition) is 0. The van der Waals surface area contributed by atoms with Gasteiger partial charge in [-0.25, -0.2) is 0 Å². The summed E-state index contributed by atoms with van der Waals surface area (Å²) in [6.07, 6.45) is 0. The quantitative estimate of drug-likeness (QED) is 0.323. The average molecular weight is 318 g/mol. The summed E-state index contributed by atoms with van der Waals surface area (Å²) in [5.41, 5.74) is 0. The normalized spacial score (nSPS) is 14.7. The van der Waals surface area contributed by atoms with Gasteiger partial charge in [0.2, 0.25) is 0 Å². The van der Waals surface area contributed by atoms with Gasteiger partial charge in [0, 0.05) is 0 Å². The summed E-state index contributed by atoms with van der Waals surface area (Å²) in [5.74, 6) is -14.8. The van der Waals surface area contributed by atoms with E-state index >= 15 is 0 Å². The first kappa shape index (κ1) is 13.2. The molecule has 0 unspecified atom stereocenters. The summed E-state index contributed by atoms with van der Waals surface area (Å²) in [4.78, 5) is 0. The summed E-state index contributed by atoms with van der Waals surface area (Å²) >= 11 is -9.63. The van der Waals surface area contributed by atoms with Gasteiger partial charge in [-0.05, 0) is 0 Å². The molecule has 0 aliphatic rings. The topological polar surface area (TPSA) is 0 Å². The third kappa shape index (κ3) is 2.00. The van der Waals surface area contributed by atoms with Gasteiger partial charge in [0.05, 0.1) is 0 Å². The molecular weight excluding hydrogens is 318 g/mol. The Labute approximate surface area is 84.3 Å². The Balaban J connectivity index is 3.80. The Morgan fingerprint density at radius 2 is 0.750 bits per heavy atom. The van der Waals surface area contributed by atoms with Crippen molar-refractivity contribution in [3.8, 4) is 0 Å². The van der Waals surface area contributed by atoms with Crippen LogP contribution < -0.4 is 4.35 Å². The van der Waals surface area contributed by atoms with Gasteiger partial charge in [0.1, 0.15) is 0 Å². The van der Waals surface area contributed by atoms with Gasteiger partial charge in [0.25, 0.3) is 0 Å². The number of benzene rings is 1. The Morgan fingerprint density at radius 3 is 1.00 bits per heavy atom. The van der Waals surface area contributed by atoms with Crippen LogP contribution in [-0.2, 0) is 0 Å². The van der Waals surface area contributed by atoms with Crippen LogP contribution in [-0.4, -0.2) is 14.3 Å². The van der Waals surface area contributed by atoms with Crippen molar-refractivity contribution in [2.45, 2.75) is 0 Å². The van der Waals surface area contributed by atoms with Crippen LogP contribution in [0, 0.1) is 29.1 Å². The van der Waals surface area contributed by atoms with Crippen LogP contribution in [0.5, 0.6) is 0 Å². The third-order valence-corrected chi connectivity index (χ3v) is 3.77. The predicted octanol–water partition coefficient (Wildman–Crippen LogP) is 2.86. The molecule has 0 saturated carbocycles. The maximum absolute atomic E-state index is 12.5. The van der Waals surface area contributed by atoms with Crippen molar-refractivity contribution in [3.05, 3.63) is 29.1 Å². The van der Waals surface area contributed by atoms with Crippen LogP contribution in [0.1, 0.15) is 0 Å². The molecule has 10 heteroatoms. The van der Waals surface area contributed by atoms with Gasteiger partial charge in [0.15, 0.2) is 0 Å². The molecule has 1 aromatic carbocycles. The Morgan fingerprint density at radius 1 is 0.500 bits per heavy atom. The molecule has 0 aliphatic carbocycles. The first-order valence-corrected chi connectivity index (χ1v) is 7.12. The number of hydrogen-bond acceptors (Lipinski definition) is 0. The van der Waals surface area contributed by atoms with Crippen molar-refractivity contribution in [2.24, 2.45) is 0 Å². The van der Waals surface area contributed by atoms with E-state index in [1.165, 1.54) is 0 Å². The standard InChI is InChI=1S/C6AsF9/c8-2-1(7(13,14,15)16)3(9)5(11)6(12)4(2)10. The first-order chi connectivity index (χ1) is 6.93. The molecule has 16 heavy (non-hydrogen) atoms. The summed E-state index contributed by atoms with van der Waals surface area (Å²) in [7, 11) is 0. The van der Waals surface area contributed by atoms with Gasteiger partial charge in [-0.2, -0.15) is 0 Å². The predicted molar refractivity (Wildman–Crippen MR) is 36.1 cm³/mol. The molecule has 0 amide bonds. The van der Waals surface area contributed by atoms with Crippen LogP contribution >= 0.6 is 0 Å². The minimum atomic E-state index is -9.63. The zero-order chi connectivity index (χ0) is 12.9. The molecule has 0 fully saturated rings. The second-order valence-corrected chi connectivity index (χ2v) is 6.61. The SMILES string of the molecule is Fc1c(F)c(F)c([As](F)(F)(F)F)c(F)c1F. The first-order valence-electron chi connectivity index (χ1n) is 3.34. The monoisotopic (exact) mass is 318 g/mol. The molecule has 92 valence electrons. The zero-order valence-corrected chi connectivity index (χ0v) is 8.73. The maximum atomic E-state index is 12.5. The second-order valence-electron chi connectivity index (χ2n) is 2.64.